The van der Waals surface area contributed by atoms with Gasteiger partial charge in [-0.15, -0.1) is 0 Å². The highest BCUT2D eigenvalue weighted by atomic mass is 16.6. The quantitative estimate of drug-likeness (QED) is 0.587. The Labute approximate surface area is 134 Å². The van der Waals surface area contributed by atoms with Crippen LogP contribution >= 0.6 is 0 Å². The second-order valence-corrected chi connectivity index (χ2v) is 5.30. The molecule has 0 aliphatic heterocycles. The Morgan fingerprint density at radius 1 is 1.17 bits per heavy atom. The lowest BCUT2D eigenvalue weighted by Crippen LogP contribution is -2.06. The molecule has 1 heterocycles. The molecule has 1 N–H and O–H groups in total. The number of methoxy groups -OCH3 is 1. The van der Waals surface area contributed by atoms with Crippen LogP contribution in [0.15, 0.2) is 36.4 Å². The molecule has 0 saturated carbocycles. The first-order valence-electron chi connectivity index (χ1n) is 7.46. The Morgan fingerprint density at radius 3 is 2.74 bits per heavy atom. The van der Waals surface area contributed by atoms with Gasteiger partial charge < -0.3 is 14.5 Å². The number of rotatable bonds is 4. The molecule has 0 amide bonds. The topological polar surface area (TPSA) is 64.2 Å². The van der Waals surface area contributed by atoms with E-state index in [0.717, 1.165) is 22.4 Å². The maximum Gasteiger partial charge on any atom is 0.311 e. The van der Waals surface area contributed by atoms with Gasteiger partial charge in [-0.05, 0) is 42.8 Å². The van der Waals surface area contributed by atoms with E-state index < -0.39 is 0 Å². The molecule has 0 spiro atoms. The number of carbonyl (C=O) groups excluding carboxylic acids is 1. The number of carbonyl (C=O) groups is 1. The Kier molecular flexibility index (Phi) is 4.02. The summed E-state index contributed by atoms with van der Waals surface area (Å²) in [6.07, 6.45) is 0.313. The number of nitrogens with zero attached hydrogens (tertiary/aromatic N) is 1. The third-order valence-corrected chi connectivity index (χ3v) is 3.59. The smallest absolute Gasteiger partial charge is 0.311 e. The van der Waals surface area contributed by atoms with Gasteiger partial charge in [0.25, 0.3) is 0 Å². The molecular formula is C18H18N2O3. The molecule has 2 aromatic carbocycles. The third-order valence-electron chi connectivity index (χ3n) is 3.59. The molecule has 118 valence electrons. The molecule has 23 heavy (non-hydrogen) atoms. The van der Waals surface area contributed by atoms with Crippen LogP contribution in [0.4, 0.5) is 0 Å². The summed E-state index contributed by atoms with van der Waals surface area (Å²) in [6.45, 7) is 3.79. The van der Waals surface area contributed by atoms with E-state index in [2.05, 4.69) is 16.0 Å². The fourth-order valence-corrected chi connectivity index (χ4v) is 2.35. The summed E-state index contributed by atoms with van der Waals surface area (Å²) in [5, 5.41) is 0. The molecule has 0 unspecified atom stereocenters. The number of H-pyrrole nitrogens is 1. The average Bonchev–Trinajstić information content (AvgIpc) is 2.98. The van der Waals surface area contributed by atoms with E-state index >= 15 is 0 Å². The number of hydrogen-bond acceptors (Lipinski definition) is 4. The van der Waals surface area contributed by atoms with E-state index in [1.807, 2.05) is 31.2 Å². The Hall–Kier alpha value is -2.82. The molecule has 0 aliphatic carbocycles. The van der Waals surface area contributed by atoms with Crippen molar-refractivity contribution in [2.75, 3.05) is 7.11 Å². The van der Waals surface area contributed by atoms with Gasteiger partial charge >= 0.3 is 5.97 Å². The van der Waals surface area contributed by atoms with Crippen LogP contribution in [-0.2, 0) is 4.79 Å². The van der Waals surface area contributed by atoms with Crippen molar-refractivity contribution in [1.29, 1.82) is 0 Å². The van der Waals surface area contributed by atoms with Crippen LogP contribution in [0.1, 0.15) is 18.9 Å². The van der Waals surface area contributed by atoms with Crippen molar-refractivity contribution in [2.24, 2.45) is 0 Å². The first-order valence-corrected chi connectivity index (χ1v) is 7.46. The standard InChI is InChI=1S/C18H18N2O3/c1-4-17(21)23-15-8-6-12(10-16(15)22-3)18-19-13-7-5-11(2)9-14(13)20-18/h5-10H,4H2,1-3H3,(H,19,20). The third kappa shape index (κ3) is 3.04. The van der Waals surface area contributed by atoms with Gasteiger partial charge in [0.2, 0.25) is 0 Å². The molecule has 5 heteroatoms. The molecule has 0 radical (unpaired) electrons. The van der Waals surface area contributed by atoms with Crippen molar-refractivity contribution in [3.05, 3.63) is 42.0 Å². The van der Waals surface area contributed by atoms with Crippen LogP contribution in [0.5, 0.6) is 11.5 Å². The van der Waals surface area contributed by atoms with Crippen LogP contribution in [0.2, 0.25) is 0 Å². The Morgan fingerprint density at radius 2 is 2.00 bits per heavy atom. The summed E-state index contributed by atoms with van der Waals surface area (Å²) in [7, 11) is 1.55. The zero-order valence-corrected chi connectivity index (χ0v) is 13.3. The molecule has 0 saturated heterocycles. The molecule has 3 aromatic rings. The first-order chi connectivity index (χ1) is 11.1. The molecule has 1 aromatic heterocycles. The minimum Gasteiger partial charge on any atom is -0.493 e. The van der Waals surface area contributed by atoms with E-state index in [1.165, 1.54) is 5.56 Å². The highest BCUT2D eigenvalue weighted by Crippen LogP contribution is 2.32. The maximum absolute atomic E-state index is 11.5. The van der Waals surface area contributed by atoms with E-state index in [4.69, 9.17) is 9.47 Å². The van der Waals surface area contributed by atoms with Gasteiger partial charge in [-0.1, -0.05) is 13.0 Å². The average molecular weight is 310 g/mol. The van der Waals surface area contributed by atoms with E-state index in [9.17, 15) is 4.79 Å². The van der Waals surface area contributed by atoms with Gasteiger partial charge in [0.05, 0.1) is 18.1 Å². The number of aromatic amines is 1. The van der Waals surface area contributed by atoms with Crippen molar-refractivity contribution in [1.82, 2.24) is 9.97 Å². The number of fused-ring (bicyclic) bond motifs is 1. The normalized spacial score (nSPS) is 10.7. The van der Waals surface area contributed by atoms with E-state index in [-0.39, 0.29) is 5.97 Å². The molecule has 0 fully saturated rings. The first kappa shape index (κ1) is 15.1. The number of esters is 1. The van der Waals surface area contributed by atoms with Gasteiger partial charge in [0, 0.05) is 12.0 Å². The van der Waals surface area contributed by atoms with Gasteiger partial charge in [-0.25, -0.2) is 4.98 Å². The molecule has 0 atom stereocenters. The number of ether oxygens (including phenoxy) is 2. The Bertz CT molecular complexity index is 868. The summed E-state index contributed by atoms with van der Waals surface area (Å²) in [4.78, 5) is 19.3. The second-order valence-electron chi connectivity index (χ2n) is 5.30. The predicted molar refractivity (Wildman–Crippen MR) is 88.7 cm³/mol. The molecule has 5 nitrogen and oxygen atoms in total. The van der Waals surface area contributed by atoms with Crippen molar-refractivity contribution >= 4 is 17.0 Å². The van der Waals surface area contributed by atoms with Gasteiger partial charge in [-0.3, -0.25) is 4.79 Å². The number of aryl methyl sites for hydroxylation is 1. The fourth-order valence-electron chi connectivity index (χ4n) is 2.35. The number of hydrogen-bond donors (Lipinski definition) is 1. The Balaban J connectivity index is 1.99. The zero-order chi connectivity index (χ0) is 16.4. The number of aromatic nitrogens is 2. The van der Waals surface area contributed by atoms with Crippen LogP contribution < -0.4 is 9.47 Å². The fraction of sp³-hybridized carbons (Fsp3) is 0.222. The van der Waals surface area contributed by atoms with E-state index in [1.54, 1.807) is 20.1 Å². The lowest BCUT2D eigenvalue weighted by Gasteiger charge is -2.09. The lowest BCUT2D eigenvalue weighted by molar-refractivity contribution is -0.134. The number of benzene rings is 2. The van der Waals surface area contributed by atoms with Crippen molar-refractivity contribution < 1.29 is 14.3 Å². The SMILES string of the molecule is CCC(=O)Oc1ccc(-c2nc3ccc(C)cc3[nH]2)cc1OC. The summed E-state index contributed by atoms with van der Waals surface area (Å²) >= 11 is 0. The predicted octanol–water partition coefficient (Wildman–Crippen LogP) is 3.86. The minimum absolute atomic E-state index is 0.296. The van der Waals surface area contributed by atoms with Crippen molar-refractivity contribution in [3.8, 4) is 22.9 Å². The monoisotopic (exact) mass is 310 g/mol. The van der Waals surface area contributed by atoms with E-state index in [0.29, 0.717) is 17.9 Å². The molecule has 3 rings (SSSR count). The number of nitrogens with one attached hydrogen (secondary N) is 1. The molecule has 0 bridgehead atoms. The molecular weight excluding hydrogens is 292 g/mol. The lowest BCUT2D eigenvalue weighted by atomic mass is 10.2. The van der Waals surface area contributed by atoms with Crippen LogP contribution in [0, 0.1) is 6.92 Å². The van der Waals surface area contributed by atoms with Crippen LogP contribution in [0.3, 0.4) is 0 Å². The largest absolute Gasteiger partial charge is 0.493 e. The highest BCUT2D eigenvalue weighted by molar-refractivity contribution is 5.80. The second kappa shape index (κ2) is 6.12. The van der Waals surface area contributed by atoms with Gasteiger partial charge in [0.15, 0.2) is 11.5 Å². The van der Waals surface area contributed by atoms with Crippen LogP contribution in [-0.4, -0.2) is 23.0 Å². The number of imidazole rings is 1. The summed E-state index contributed by atoms with van der Waals surface area (Å²) in [6, 6.07) is 11.5. The van der Waals surface area contributed by atoms with Gasteiger partial charge in [-0.2, -0.15) is 0 Å². The summed E-state index contributed by atoms with van der Waals surface area (Å²) in [5.74, 6) is 1.36. The van der Waals surface area contributed by atoms with Crippen molar-refractivity contribution in [3.63, 3.8) is 0 Å². The highest BCUT2D eigenvalue weighted by Gasteiger charge is 2.12. The zero-order valence-electron chi connectivity index (χ0n) is 13.3. The summed E-state index contributed by atoms with van der Waals surface area (Å²) < 4.78 is 10.6. The minimum atomic E-state index is -0.296. The van der Waals surface area contributed by atoms with Crippen molar-refractivity contribution in [2.45, 2.75) is 20.3 Å². The van der Waals surface area contributed by atoms with Gasteiger partial charge in [0.1, 0.15) is 5.82 Å². The van der Waals surface area contributed by atoms with Crippen LogP contribution in [0.25, 0.3) is 22.4 Å². The maximum atomic E-state index is 11.5. The summed E-state index contributed by atoms with van der Waals surface area (Å²) in [5.41, 5.74) is 3.94. The molecule has 0 aliphatic rings.